The molecule has 2 rings (SSSR count). The molecule has 110 valence electrons. The third kappa shape index (κ3) is 3.67. The van der Waals surface area contributed by atoms with Crippen molar-refractivity contribution in [2.45, 2.75) is 0 Å². The van der Waals surface area contributed by atoms with Gasteiger partial charge in [-0.1, -0.05) is 39.1 Å². The molecule has 0 aromatic heterocycles. The van der Waals surface area contributed by atoms with Gasteiger partial charge in [-0.25, -0.2) is 4.39 Å². The van der Waals surface area contributed by atoms with Gasteiger partial charge in [-0.2, -0.15) is 0 Å². The van der Waals surface area contributed by atoms with Crippen molar-refractivity contribution in [3.05, 3.63) is 56.2 Å². The number of rotatable bonds is 3. The molecule has 0 aliphatic heterocycles. The average Bonchev–Trinajstić information content (AvgIpc) is 2.42. The highest BCUT2D eigenvalue weighted by Crippen LogP contribution is 2.32. The van der Waals surface area contributed by atoms with Gasteiger partial charge in [-0.05, 0) is 30.3 Å². The van der Waals surface area contributed by atoms with Crippen LogP contribution in [0.25, 0.3) is 0 Å². The second-order valence-corrected chi connectivity index (χ2v) is 5.77. The van der Waals surface area contributed by atoms with Gasteiger partial charge in [0.05, 0.1) is 28.4 Å². The van der Waals surface area contributed by atoms with E-state index in [0.717, 1.165) is 16.6 Å². The van der Waals surface area contributed by atoms with Crippen LogP contribution in [0.15, 0.2) is 34.8 Å². The van der Waals surface area contributed by atoms with E-state index in [1.165, 1.54) is 7.11 Å². The molecule has 0 saturated heterocycles. The van der Waals surface area contributed by atoms with Crippen LogP contribution in [0.3, 0.4) is 0 Å². The fourth-order valence-corrected chi connectivity index (χ4v) is 2.59. The molecule has 0 saturated carbocycles. The molecular formula is C14H9BrCl2FNO2. The topological polar surface area (TPSA) is 38.3 Å². The van der Waals surface area contributed by atoms with Crippen LogP contribution in [-0.4, -0.2) is 13.0 Å². The first kappa shape index (κ1) is 16.1. The predicted octanol–water partition coefficient (Wildman–Crippen LogP) is 5.16. The molecule has 21 heavy (non-hydrogen) atoms. The molecule has 0 bridgehead atoms. The number of carbonyl (C=O) groups excluding carboxylic acids is 1. The van der Waals surface area contributed by atoms with E-state index in [0.29, 0.717) is 11.3 Å². The third-order valence-corrected chi connectivity index (χ3v) is 3.74. The Kier molecular flexibility index (Phi) is 5.08. The Labute approximate surface area is 139 Å². The van der Waals surface area contributed by atoms with Crippen LogP contribution in [0, 0.1) is 5.82 Å². The van der Waals surface area contributed by atoms with Gasteiger partial charge in [0.15, 0.2) is 0 Å². The number of nitrogens with one attached hydrogen (secondary N) is 1. The first-order chi connectivity index (χ1) is 9.92. The van der Waals surface area contributed by atoms with E-state index in [9.17, 15) is 9.18 Å². The Morgan fingerprint density at radius 3 is 2.43 bits per heavy atom. The number of ether oxygens (including phenoxy) is 1. The fraction of sp³-hybridized carbons (Fsp3) is 0.0714. The highest BCUT2D eigenvalue weighted by atomic mass is 79.9. The Morgan fingerprint density at radius 1 is 1.24 bits per heavy atom. The lowest BCUT2D eigenvalue weighted by Crippen LogP contribution is -2.14. The van der Waals surface area contributed by atoms with Crippen molar-refractivity contribution in [2.24, 2.45) is 0 Å². The summed E-state index contributed by atoms with van der Waals surface area (Å²) in [6.45, 7) is 0. The first-order valence-electron chi connectivity index (χ1n) is 5.72. The number of methoxy groups -OCH3 is 1. The Bertz CT molecular complexity index is 686. The van der Waals surface area contributed by atoms with Crippen LogP contribution in [-0.2, 0) is 0 Å². The number of amides is 1. The Balaban J connectivity index is 2.35. The van der Waals surface area contributed by atoms with Crippen molar-refractivity contribution in [2.75, 3.05) is 12.4 Å². The van der Waals surface area contributed by atoms with Gasteiger partial charge in [0, 0.05) is 4.47 Å². The Morgan fingerprint density at radius 2 is 1.86 bits per heavy atom. The maximum absolute atomic E-state index is 13.1. The molecule has 7 heteroatoms. The van der Waals surface area contributed by atoms with Crippen LogP contribution >= 0.6 is 39.1 Å². The number of anilines is 1. The highest BCUT2D eigenvalue weighted by Gasteiger charge is 2.16. The Hall–Kier alpha value is -1.30. The van der Waals surface area contributed by atoms with Crippen LogP contribution in [0.2, 0.25) is 10.0 Å². The summed E-state index contributed by atoms with van der Waals surface area (Å²) in [5, 5.41) is 2.59. The van der Waals surface area contributed by atoms with Crippen molar-refractivity contribution in [3.8, 4) is 5.75 Å². The molecule has 1 N–H and O–H groups in total. The molecule has 0 radical (unpaired) electrons. The van der Waals surface area contributed by atoms with Gasteiger partial charge in [0.1, 0.15) is 11.6 Å². The lowest BCUT2D eigenvalue weighted by Gasteiger charge is -2.12. The molecule has 0 aliphatic carbocycles. The summed E-state index contributed by atoms with van der Waals surface area (Å²) in [7, 11) is 1.45. The zero-order valence-corrected chi connectivity index (χ0v) is 13.8. The van der Waals surface area contributed by atoms with Crippen molar-refractivity contribution in [3.63, 3.8) is 0 Å². The molecule has 0 heterocycles. The van der Waals surface area contributed by atoms with E-state index in [4.69, 9.17) is 27.9 Å². The fourth-order valence-electron chi connectivity index (χ4n) is 1.70. The molecule has 2 aromatic carbocycles. The molecule has 0 spiro atoms. The summed E-state index contributed by atoms with van der Waals surface area (Å²) in [6.07, 6.45) is 0. The molecule has 1 amide bonds. The molecule has 2 aromatic rings. The smallest absolute Gasteiger partial charge is 0.259 e. The molecule has 0 aliphatic rings. The zero-order chi connectivity index (χ0) is 15.6. The second kappa shape index (κ2) is 6.64. The largest absolute Gasteiger partial charge is 0.496 e. The van der Waals surface area contributed by atoms with E-state index >= 15 is 0 Å². The van der Waals surface area contributed by atoms with Gasteiger partial charge < -0.3 is 10.1 Å². The van der Waals surface area contributed by atoms with E-state index in [1.807, 2.05) is 0 Å². The predicted molar refractivity (Wildman–Crippen MR) is 85.1 cm³/mol. The van der Waals surface area contributed by atoms with Crippen LogP contribution in [0.4, 0.5) is 10.1 Å². The van der Waals surface area contributed by atoms with Gasteiger partial charge in [0.2, 0.25) is 0 Å². The summed E-state index contributed by atoms with van der Waals surface area (Å²) >= 11 is 15.1. The summed E-state index contributed by atoms with van der Waals surface area (Å²) < 4.78 is 19.0. The van der Waals surface area contributed by atoms with E-state index in [-0.39, 0.29) is 15.7 Å². The number of benzene rings is 2. The normalized spacial score (nSPS) is 10.3. The highest BCUT2D eigenvalue weighted by molar-refractivity contribution is 9.10. The lowest BCUT2D eigenvalue weighted by atomic mass is 10.2. The molecular weight excluding hydrogens is 384 g/mol. The summed E-state index contributed by atoms with van der Waals surface area (Å²) in [6, 6.07) is 7.08. The van der Waals surface area contributed by atoms with Gasteiger partial charge in [0.25, 0.3) is 5.91 Å². The lowest BCUT2D eigenvalue weighted by molar-refractivity contribution is 0.102. The van der Waals surface area contributed by atoms with Gasteiger partial charge in [-0.3, -0.25) is 4.79 Å². The van der Waals surface area contributed by atoms with Crippen LogP contribution in [0.1, 0.15) is 10.4 Å². The molecule has 0 fully saturated rings. The molecule has 0 unspecified atom stereocenters. The summed E-state index contributed by atoms with van der Waals surface area (Å²) in [5.41, 5.74) is 0.451. The summed E-state index contributed by atoms with van der Waals surface area (Å²) in [5.74, 6) is -0.657. The first-order valence-corrected chi connectivity index (χ1v) is 7.26. The standard InChI is InChI=1S/C14H9BrCl2FNO2/c1-21-12-4-7(15)2-3-9(12)14(20)19-13-10(16)5-8(18)6-11(13)17/h2-6H,1H3,(H,19,20). The summed E-state index contributed by atoms with van der Waals surface area (Å²) in [4.78, 5) is 12.3. The number of hydrogen-bond acceptors (Lipinski definition) is 2. The zero-order valence-electron chi connectivity index (χ0n) is 10.7. The third-order valence-electron chi connectivity index (χ3n) is 2.65. The van der Waals surface area contributed by atoms with Crippen molar-refractivity contribution < 1.29 is 13.9 Å². The maximum atomic E-state index is 13.1. The second-order valence-electron chi connectivity index (χ2n) is 4.04. The van der Waals surface area contributed by atoms with Crippen LogP contribution in [0.5, 0.6) is 5.75 Å². The van der Waals surface area contributed by atoms with Gasteiger partial charge >= 0.3 is 0 Å². The minimum Gasteiger partial charge on any atom is -0.496 e. The van der Waals surface area contributed by atoms with Crippen molar-refractivity contribution in [1.82, 2.24) is 0 Å². The van der Waals surface area contributed by atoms with E-state index < -0.39 is 11.7 Å². The van der Waals surface area contributed by atoms with Crippen molar-refractivity contribution >= 4 is 50.7 Å². The molecule has 0 atom stereocenters. The average molecular weight is 393 g/mol. The SMILES string of the molecule is COc1cc(Br)ccc1C(=O)Nc1c(Cl)cc(F)cc1Cl. The number of carbonyl (C=O) groups is 1. The van der Waals surface area contributed by atoms with Crippen molar-refractivity contribution in [1.29, 1.82) is 0 Å². The number of halogens is 4. The monoisotopic (exact) mass is 391 g/mol. The number of hydrogen-bond donors (Lipinski definition) is 1. The minimum atomic E-state index is -0.579. The minimum absolute atomic E-state index is 0.0180. The van der Waals surface area contributed by atoms with Crippen LogP contribution < -0.4 is 10.1 Å². The maximum Gasteiger partial charge on any atom is 0.259 e. The quantitative estimate of drug-likeness (QED) is 0.783. The van der Waals surface area contributed by atoms with E-state index in [1.54, 1.807) is 18.2 Å². The van der Waals surface area contributed by atoms with Gasteiger partial charge in [-0.15, -0.1) is 0 Å². The molecule has 3 nitrogen and oxygen atoms in total. The van der Waals surface area contributed by atoms with E-state index in [2.05, 4.69) is 21.2 Å².